The zero-order valence-electron chi connectivity index (χ0n) is 17.0. The largest absolute Gasteiger partial charge is 0.664 e. The number of anilines is 1. The molecule has 0 saturated carbocycles. The number of alkyl halides is 2. The number of nitrogens with one attached hydrogen (secondary N) is 1. The molecule has 1 fully saturated rings. The van der Waals surface area contributed by atoms with Crippen LogP contribution in [0.3, 0.4) is 0 Å². The van der Waals surface area contributed by atoms with Crippen molar-refractivity contribution in [1.29, 1.82) is 0 Å². The van der Waals surface area contributed by atoms with Gasteiger partial charge in [-0.05, 0) is 25.1 Å². The van der Waals surface area contributed by atoms with E-state index in [4.69, 9.17) is 24.8 Å². The summed E-state index contributed by atoms with van der Waals surface area (Å²) in [5, 5.41) is 21.2. The number of carbonyl (C=O) groups is 1. The number of aromatic nitrogens is 2. The molecule has 0 amide bonds. The number of aliphatic hydroxyl groups is 1. The van der Waals surface area contributed by atoms with Crippen molar-refractivity contribution in [3.05, 3.63) is 47.0 Å². The van der Waals surface area contributed by atoms with Crippen molar-refractivity contribution in [2.45, 2.75) is 37.3 Å². The Morgan fingerprint density at radius 2 is 2.06 bits per heavy atom. The van der Waals surface area contributed by atoms with Gasteiger partial charge in [-0.3, -0.25) is 9.36 Å². The molecule has 0 spiro atoms. The lowest BCUT2D eigenvalue weighted by Crippen LogP contribution is -2.42. The van der Waals surface area contributed by atoms with Crippen LogP contribution in [-0.4, -0.2) is 56.5 Å². The molecule has 1 aromatic heterocycles. The predicted octanol–water partition coefficient (Wildman–Crippen LogP) is 0.897. The molecule has 178 valence electrons. The van der Waals surface area contributed by atoms with E-state index in [-0.39, 0.29) is 17.3 Å². The maximum Gasteiger partial charge on any atom is 0.664 e. The minimum absolute atomic E-state index is 0.0282. The summed E-state index contributed by atoms with van der Waals surface area (Å²) in [5.74, 6) is -5.37. The maximum atomic E-state index is 14.6. The van der Waals surface area contributed by atoms with Gasteiger partial charge in [0.1, 0.15) is 24.6 Å². The first-order chi connectivity index (χ1) is 15.5. The Bertz CT molecular complexity index is 1100. The fraction of sp³-hybridized carbons (Fsp3) is 0.389. The maximum absolute atomic E-state index is 14.6. The number of nitrogens with two attached hydrogens (primary N) is 1. The zero-order chi connectivity index (χ0) is 24.3. The van der Waals surface area contributed by atoms with Gasteiger partial charge in [-0.15, -0.1) is 0 Å². The van der Waals surface area contributed by atoms with Crippen molar-refractivity contribution in [3.63, 3.8) is 0 Å². The summed E-state index contributed by atoms with van der Waals surface area (Å²) in [6.07, 6.45) is -5.05. The second-order valence-electron chi connectivity index (χ2n) is 6.98. The van der Waals surface area contributed by atoms with Crippen LogP contribution in [0.4, 0.5) is 14.6 Å². The number of aliphatic hydroxyl groups excluding tert-OH is 1. The molecule has 5 atom stereocenters. The van der Waals surface area contributed by atoms with Crippen LogP contribution in [0.25, 0.3) is 0 Å². The smallest absolute Gasteiger partial charge is 0.487 e. The molecule has 0 radical (unpaired) electrons. The highest BCUT2D eigenvalue weighted by Gasteiger charge is 2.60. The van der Waals surface area contributed by atoms with Crippen molar-refractivity contribution >= 4 is 20.0 Å². The molecule has 2 heterocycles. The number of carboxylic acids is 1. The summed E-state index contributed by atoms with van der Waals surface area (Å²) < 4.78 is 57.5. The molecule has 3 rings (SSSR count). The number of aliphatic carboxylic acids is 1. The average molecular weight is 489 g/mol. The number of halogens is 2. The molecule has 12 nitrogen and oxygen atoms in total. The van der Waals surface area contributed by atoms with Crippen LogP contribution in [0.1, 0.15) is 13.2 Å². The van der Waals surface area contributed by atoms with Crippen LogP contribution in [-0.2, 0) is 14.1 Å². The molecule has 2 aromatic rings. The summed E-state index contributed by atoms with van der Waals surface area (Å²) in [4.78, 5) is 26.2. The number of nitrogen functional groups attached to an aromatic ring is 1. The van der Waals surface area contributed by atoms with Gasteiger partial charge < -0.3 is 25.4 Å². The van der Waals surface area contributed by atoms with E-state index >= 15 is 0 Å². The summed E-state index contributed by atoms with van der Waals surface area (Å²) in [6, 6.07) is 5.74. The summed E-state index contributed by atoms with van der Waals surface area (Å²) >= 11 is 0. The van der Waals surface area contributed by atoms with E-state index in [0.29, 0.717) is 4.57 Å². The first-order valence-electron chi connectivity index (χ1n) is 9.42. The molecule has 1 aliphatic rings. The first-order valence-corrected chi connectivity index (χ1v) is 10.6. The lowest BCUT2D eigenvalue weighted by molar-refractivity contribution is -0.140. The minimum Gasteiger partial charge on any atom is -0.487 e. The summed E-state index contributed by atoms with van der Waals surface area (Å²) in [6.45, 7) is 0.680. The van der Waals surface area contributed by atoms with Crippen LogP contribution < -0.4 is 25.8 Å². The van der Waals surface area contributed by atoms with Gasteiger partial charge in [0, 0.05) is 10.8 Å². The third-order valence-corrected chi connectivity index (χ3v) is 5.55. The number of hydrogen-bond acceptors (Lipinski definition) is 9. The third-order valence-electron chi connectivity index (χ3n) is 4.59. The number of rotatable bonds is 9. The van der Waals surface area contributed by atoms with E-state index in [1.807, 2.05) is 0 Å². The monoisotopic (exact) mass is 489 g/mol. The van der Waals surface area contributed by atoms with Crippen LogP contribution in [0.2, 0.25) is 0 Å². The van der Waals surface area contributed by atoms with Crippen molar-refractivity contribution in [1.82, 2.24) is 14.6 Å². The molecule has 3 unspecified atom stereocenters. The van der Waals surface area contributed by atoms with Crippen molar-refractivity contribution in [2.75, 3.05) is 12.3 Å². The van der Waals surface area contributed by atoms with E-state index < -0.39 is 56.8 Å². The Hall–Kier alpha value is -3.19. The number of para-hydroxylation sites is 2. The molecule has 1 aliphatic heterocycles. The number of nitrogens with zero attached hydrogens (tertiary/aromatic N) is 2. The van der Waals surface area contributed by atoms with Gasteiger partial charge in [0.15, 0.2) is 11.9 Å². The van der Waals surface area contributed by atoms with Crippen molar-refractivity contribution in [3.8, 4) is 11.5 Å². The van der Waals surface area contributed by atoms with Crippen molar-refractivity contribution in [2.24, 2.45) is 0 Å². The topological polar surface area (TPSA) is 175 Å². The quantitative estimate of drug-likeness (QED) is 0.368. The Labute approximate surface area is 185 Å². The van der Waals surface area contributed by atoms with E-state index in [9.17, 15) is 28.0 Å². The lowest BCUT2D eigenvalue weighted by atomic mass is 10.1. The highest BCUT2D eigenvalue weighted by atomic mass is 31.1. The zero-order valence-corrected chi connectivity index (χ0v) is 17.9. The van der Waals surface area contributed by atoms with Gasteiger partial charge in [-0.2, -0.15) is 13.8 Å². The van der Waals surface area contributed by atoms with Crippen LogP contribution in [0, 0.1) is 0 Å². The number of hydrogen-bond donors (Lipinski definition) is 4. The third kappa shape index (κ3) is 5.42. The molecule has 0 aliphatic carbocycles. The number of carboxylic acid groups (broad SMARTS) is 1. The van der Waals surface area contributed by atoms with Gasteiger partial charge >= 0.3 is 25.8 Å². The van der Waals surface area contributed by atoms with E-state index in [0.717, 1.165) is 12.3 Å². The molecule has 0 bridgehead atoms. The normalized spacial score (nSPS) is 23.0. The number of ether oxygens (including phenoxy) is 2. The molecular weight excluding hydrogens is 469 g/mol. The van der Waals surface area contributed by atoms with Crippen LogP contribution in [0.5, 0.6) is 11.5 Å². The average Bonchev–Trinajstić information content (AvgIpc) is 2.96. The fourth-order valence-corrected chi connectivity index (χ4v) is 3.67. The van der Waals surface area contributed by atoms with E-state index in [1.165, 1.54) is 31.2 Å². The number of benzene rings is 1. The van der Waals surface area contributed by atoms with Crippen LogP contribution in [0.15, 0.2) is 41.3 Å². The molecule has 5 N–H and O–H groups in total. The van der Waals surface area contributed by atoms with Gasteiger partial charge in [0.05, 0.1) is 0 Å². The SMILES string of the molecule is CC(N[P+](=O)Oc1ccccc1OC[C@H]1OC(n2ccc(N)nc2=O)C(F)(F)[C@@H]1O)C(=O)O. The fourth-order valence-electron chi connectivity index (χ4n) is 2.86. The second-order valence-corrected chi connectivity index (χ2v) is 7.94. The second kappa shape index (κ2) is 9.75. The highest BCUT2D eigenvalue weighted by molar-refractivity contribution is 7.37. The van der Waals surface area contributed by atoms with Gasteiger partial charge in [-0.25, -0.2) is 9.32 Å². The Morgan fingerprint density at radius 1 is 1.39 bits per heavy atom. The van der Waals surface area contributed by atoms with Crippen LogP contribution >= 0.6 is 8.18 Å². The highest BCUT2D eigenvalue weighted by Crippen LogP contribution is 2.42. The molecular formula is C18H20F2N4O8P+. The Morgan fingerprint density at radius 3 is 2.70 bits per heavy atom. The summed E-state index contributed by atoms with van der Waals surface area (Å²) in [5.41, 5.74) is 4.28. The minimum atomic E-state index is -3.86. The first kappa shape index (κ1) is 24.5. The lowest BCUT2D eigenvalue weighted by Gasteiger charge is -2.20. The molecule has 1 aromatic carbocycles. The Kier molecular flexibility index (Phi) is 7.22. The predicted molar refractivity (Wildman–Crippen MR) is 108 cm³/mol. The standard InChI is InChI=1S/C18H19F2N4O8P/c1-9(15(26)27)23-33(29)32-11-5-3-2-4-10(11)30-8-12-14(25)18(19,20)16(31-12)24-7-6-13(21)22-17(24)28/h2-7,9,12,14,16,25H,8H2,1H3,(H3-,21,22,23,26,27,28,29)/p+1/t9?,12-,14-,16?/m1/s1. The van der Waals surface area contributed by atoms with E-state index in [1.54, 1.807) is 0 Å². The van der Waals surface area contributed by atoms with Crippen molar-refractivity contribution < 1.29 is 42.4 Å². The molecule has 15 heteroatoms. The summed E-state index contributed by atoms with van der Waals surface area (Å²) in [7, 11) is -2.65. The van der Waals surface area contributed by atoms with Gasteiger partial charge in [0.2, 0.25) is 12.0 Å². The van der Waals surface area contributed by atoms with Gasteiger partial charge in [0.25, 0.3) is 0 Å². The van der Waals surface area contributed by atoms with E-state index in [2.05, 4.69) is 10.1 Å². The molecule has 1 saturated heterocycles. The van der Waals surface area contributed by atoms with Gasteiger partial charge in [-0.1, -0.05) is 17.2 Å². The Balaban J connectivity index is 1.71. The molecule has 33 heavy (non-hydrogen) atoms.